The van der Waals surface area contributed by atoms with Gasteiger partial charge in [-0.15, -0.1) is 0 Å². The first-order valence-corrected chi connectivity index (χ1v) is 15.5. The average molecular weight is 652 g/mol. The Kier molecular flexibility index (Phi) is 7.56. The summed E-state index contributed by atoms with van der Waals surface area (Å²) in [6.07, 6.45) is -3.58. The van der Waals surface area contributed by atoms with Gasteiger partial charge in [0.2, 0.25) is 0 Å². The first-order chi connectivity index (χ1) is 21.5. The van der Waals surface area contributed by atoms with Gasteiger partial charge >= 0.3 is 12.2 Å². The first kappa shape index (κ1) is 30.4. The summed E-state index contributed by atoms with van der Waals surface area (Å²) < 4.78 is 86.0. The van der Waals surface area contributed by atoms with Gasteiger partial charge in [-0.3, -0.25) is 4.90 Å². The second-order valence-corrected chi connectivity index (χ2v) is 13.0. The van der Waals surface area contributed by atoms with E-state index in [9.17, 15) is 22.8 Å². The molecule has 6 heterocycles. The molecule has 7 rings (SSSR count). The quantitative estimate of drug-likeness (QED) is 0.353. The molecular weight excluding hydrogens is 621 g/mol. The molecule has 0 spiro atoms. The molecule has 0 saturated carbocycles. The highest BCUT2D eigenvalue weighted by atomic mass is 35.5. The fraction of sp³-hybridized carbons (Fsp3) is 0.600. The maximum atomic E-state index is 16.7. The lowest BCUT2D eigenvalue weighted by atomic mass is 9.86. The maximum Gasteiger partial charge on any atom is 0.418 e. The lowest BCUT2D eigenvalue weighted by Crippen LogP contribution is -2.55. The zero-order valence-corrected chi connectivity index (χ0v) is 24.9. The van der Waals surface area contributed by atoms with Crippen molar-refractivity contribution in [1.29, 1.82) is 5.26 Å². The molecule has 3 unspecified atom stereocenters. The lowest BCUT2D eigenvalue weighted by Gasteiger charge is -2.46. The summed E-state index contributed by atoms with van der Waals surface area (Å²) in [5, 5.41) is 8.91. The van der Waals surface area contributed by atoms with Gasteiger partial charge in [-0.2, -0.15) is 28.4 Å². The van der Waals surface area contributed by atoms with Gasteiger partial charge < -0.3 is 20.1 Å². The Morgan fingerprint density at radius 1 is 1.22 bits per heavy atom. The van der Waals surface area contributed by atoms with Gasteiger partial charge in [0.05, 0.1) is 34.5 Å². The number of halogens is 6. The van der Waals surface area contributed by atoms with Gasteiger partial charge in [-0.25, -0.2) is 13.8 Å². The molecule has 0 radical (unpaired) electrons. The molecule has 0 amide bonds. The first-order valence-electron chi connectivity index (χ1n) is 15.1. The molecule has 6 aliphatic rings. The molecule has 240 valence electrons. The van der Waals surface area contributed by atoms with Crippen molar-refractivity contribution in [3.05, 3.63) is 39.8 Å². The third kappa shape index (κ3) is 5.26. The number of benzene rings is 1. The van der Waals surface area contributed by atoms with E-state index < -0.39 is 57.7 Å². The van der Waals surface area contributed by atoms with E-state index in [1.807, 2.05) is 4.90 Å². The highest BCUT2D eigenvalue weighted by Crippen LogP contribution is 2.45. The van der Waals surface area contributed by atoms with E-state index >= 15 is 4.39 Å². The zero-order chi connectivity index (χ0) is 31.7. The lowest BCUT2D eigenvalue weighted by molar-refractivity contribution is -0.137. The molecule has 45 heavy (non-hydrogen) atoms. The summed E-state index contributed by atoms with van der Waals surface area (Å²) in [6, 6.07) is 3.96. The van der Waals surface area contributed by atoms with Crippen LogP contribution in [0, 0.1) is 23.2 Å². The van der Waals surface area contributed by atoms with Crippen LogP contribution >= 0.6 is 11.6 Å². The number of dihydropyridines is 1. The van der Waals surface area contributed by atoms with Crippen LogP contribution in [0.1, 0.15) is 49.7 Å². The van der Waals surface area contributed by atoms with Crippen molar-refractivity contribution < 1.29 is 31.4 Å². The van der Waals surface area contributed by atoms with Gasteiger partial charge in [-0.05, 0) is 50.8 Å². The van der Waals surface area contributed by atoms with E-state index in [1.54, 1.807) is 0 Å². The zero-order valence-electron chi connectivity index (χ0n) is 24.2. The standard InChI is InChI=1S/C30H31ClF5N7O2/c31-20-10-17(38)9-19(22(20)30(34,35)36)24-23(33)25-21-26(43-6-2-15(12-37)8-18(43)3-7-44-27(21)39-24)41-28(40-25)45-14-29-4-1-5-42(29)13-16(32)11-29/h9-10,15-16,18,21,27H,1-8,11,13-14,38H2/t15?,16-,18+,21?,27?,29+/m1/s1. The molecule has 0 aliphatic carbocycles. The maximum absolute atomic E-state index is 16.7. The minimum atomic E-state index is -4.94. The number of allylic oxidation sites excluding steroid dienone is 1. The number of alkyl halides is 4. The average Bonchev–Trinajstić information content (AvgIpc) is 3.50. The molecule has 2 N–H and O–H groups in total. The van der Waals surface area contributed by atoms with Gasteiger partial charge in [0.15, 0.2) is 12.1 Å². The van der Waals surface area contributed by atoms with Crippen LogP contribution in [0.4, 0.5) is 27.6 Å². The van der Waals surface area contributed by atoms with Gasteiger partial charge in [0, 0.05) is 42.7 Å². The number of rotatable bonds is 3. The van der Waals surface area contributed by atoms with Crippen LogP contribution in [0.5, 0.6) is 0 Å². The van der Waals surface area contributed by atoms with Crippen molar-refractivity contribution in [2.75, 3.05) is 38.6 Å². The summed E-state index contributed by atoms with van der Waals surface area (Å²) in [5.41, 5.74) is 2.47. The second kappa shape index (κ2) is 11.2. The van der Waals surface area contributed by atoms with Crippen molar-refractivity contribution >= 4 is 34.9 Å². The molecule has 6 aliphatic heterocycles. The van der Waals surface area contributed by atoms with Gasteiger partial charge in [0.25, 0.3) is 0 Å². The van der Waals surface area contributed by atoms with Gasteiger partial charge in [0.1, 0.15) is 30.2 Å². The van der Waals surface area contributed by atoms with Crippen LogP contribution < -0.4 is 5.73 Å². The van der Waals surface area contributed by atoms with Crippen molar-refractivity contribution in [2.24, 2.45) is 26.8 Å². The third-order valence-electron chi connectivity index (χ3n) is 9.79. The number of hydrogen-bond acceptors (Lipinski definition) is 9. The number of nitrogen functional groups attached to an aromatic ring is 1. The van der Waals surface area contributed by atoms with E-state index in [1.165, 1.54) is 0 Å². The van der Waals surface area contributed by atoms with E-state index in [-0.39, 0.29) is 42.6 Å². The number of ether oxygens (including phenoxy) is 2. The summed E-state index contributed by atoms with van der Waals surface area (Å²) in [6.45, 7) is 1.75. The SMILES string of the molecule is N#CC1CCN2C3=NC(OC[C@@]45CCCN4C[C@H](F)C5)=NC4=C(F)C(c5cc(N)cc(Cl)c5C(F)(F)F)=NC(OCC[C@H]2C1)C34. The van der Waals surface area contributed by atoms with E-state index in [0.29, 0.717) is 44.6 Å². The van der Waals surface area contributed by atoms with Crippen LogP contribution in [0.15, 0.2) is 38.6 Å². The van der Waals surface area contributed by atoms with Crippen LogP contribution in [-0.4, -0.2) is 84.2 Å². The fourth-order valence-corrected chi connectivity index (χ4v) is 8.10. The summed E-state index contributed by atoms with van der Waals surface area (Å²) in [4.78, 5) is 17.6. The number of nitrogens with zero attached hydrogens (tertiary/aromatic N) is 6. The molecule has 1 aromatic rings. The topological polar surface area (TPSA) is 112 Å². The van der Waals surface area contributed by atoms with Crippen molar-refractivity contribution in [3.8, 4) is 6.07 Å². The second-order valence-electron chi connectivity index (χ2n) is 12.6. The Balaban J connectivity index is 1.33. The molecule has 6 atom stereocenters. The van der Waals surface area contributed by atoms with Crippen LogP contribution in [0.25, 0.3) is 0 Å². The highest BCUT2D eigenvalue weighted by molar-refractivity contribution is 6.32. The Morgan fingerprint density at radius 3 is 2.82 bits per heavy atom. The molecule has 15 heteroatoms. The molecule has 0 aromatic heterocycles. The molecular formula is C30H31ClF5N7O2. The summed E-state index contributed by atoms with van der Waals surface area (Å²) in [7, 11) is 0. The van der Waals surface area contributed by atoms with E-state index in [2.05, 4.69) is 21.0 Å². The molecule has 4 saturated heterocycles. The monoisotopic (exact) mass is 651 g/mol. The largest absolute Gasteiger partial charge is 0.461 e. The fourth-order valence-electron chi connectivity index (χ4n) is 7.76. The molecule has 0 bridgehead atoms. The minimum Gasteiger partial charge on any atom is -0.461 e. The predicted octanol–water partition coefficient (Wildman–Crippen LogP) is 5.25. The summed E-state index contributed by atoms with van der Waals surface area (Å²) >= 11 is 6.00. The van der Waals surface area contributed by atoms with Crippen molar-refractivity contribution in [2.45, 2.75) is 68.7 Å². The summed E-state index contributed by atoms with van der Waals surface area (Å²) in [5.74, 6) is -1.88. The predicted molar refractivity (Wildman–Crippen MR) is 156 cm³/mol. The Morgan fingerprint density at radius 2 is 2.04 bits per heavy atom. The molecule has 1 aromatic carbocycles. The molecule has 4 fully saturated rings. The van der Waals surface area contributed by atoms with Crippen LogP contribution in [-0.2, 0) is 15.7 Å². The van der Waals surface area contributed by atoms with Crippen molar-refractivity contribution in [3.63, 3.8) is 0 Å². The number of nitriles is 1. The Bertz CT molecular complexity index is 1570. The smallest absolute Gasteiger partial charge is 0.418 e. The number of amidine groups is 2. The van der Waals surface area contributed by atoms with Crippen LogP contribution in [0.2, 0.25) is 5.02 Å². The normalized spacial score (nSPS) is 33.2. The van der Waals surface area contributed by atoms with E-state index in [4.69, 9.17) is 31.8 Å². The highest BCUT2D eigenvalue weighted by Gasteiger charge is 2.51. The molecule has 9 nitrogen and oxygen atoms in total. The van der Waals surface area contributed by atoms with Crippen molar-refractivity contribution in [1.82, 2.24) is 9.80 Å². The number of fused-ring (bicyclic) bond motifs is 3. The number of aliphatic imine (C=N–C) groups is 3. The van der Waals surface area contributed by atoms with Gasteiger partial charge in [-0.1, -0.05) is 11.6 Å². The van der Waals surface area contributed by atoms with E-state index in [0.717, 1.165) is 31.5 Å². The Hall–Kier alpha value is -3.28. The number of hydrogen-bond donors (Lipinski definition) is 1. The number of nitrogens with two attached hydrogens (primary N) is 1. The third-order valence-corrected chi connectivity index (χ3v) is 10.1. The Labute approximate surface area is 261 Å². The minimum absolute atomic E-state index is 0.0759. The number of piperidine rings is 1. The number of anilines is 1. The van der Waals surface area contributed by atoms with Crippen LogP contribution in [0.3, 0.4) is 0 Å².